The summed E-state index contributed by atoms with van der Waals surface area (Å²) in [7, 11) is 1.89. The first kappa shape index (κ1) is 11.1. The van der Waals surface area contributed by atoms with Crippen molar-refractivity contribution in [3.8, 4) is 10.6 Å². The molecule has 0 atom stereocenters. The van der Waals surface area contributed by atoms with Crippen molar-refractivity contribution in [1.29, 1.82) is 0 Å². The molecule has 4 heteroatoms. The van der Waals surface area contributed by atoms with Gasteiger partial charge in [0.15, 0.2) is 5.78 Å². The topological polar surface area (TPSA) is 34.9 Å². The number of Topliss-reactive ketones (excluding diaryl/α,β-unsaturated/α-hetero) is 1. The minimum atomic E-state index is 0.0511. The molecule has 3 nitrogen and oxygen atoms in total. The van der Waals surface area contributed by atoms with Crippen LogP contribution in [-0.4, -0.2) is 15.6 Å². The Bertz CT molecular complexity index is 511. The first-order chi connectivity index (χ1) is 7.58. The molecule has 0 spiro atoms. The average molecular weight is 234 g/mol. The Hall–Kier alpha value is -1.42. The number of aromatic nitrogens is 2. The predicted molar refractivity (Wildman–Crippen MR) is 65.7 cm³/mol. The Labute approximate surface area is 98.7 Å². The number of thiophene rings is 1. The Kier molecular flexibility index (Phi) is 2.92. The maximum absolute atomic E-state index is 11.8. The zero-order chi connectivity index (χ0) is 11.7. The van der Waals surface area contributed by atoms with Crippen molar-refractivity contribution in [2.45, 2.75) is 13.8 Å². The molecule has 2 heterocycles. The Morgan fingerprint density at radius 3 is 2.69 bits per heavy atom. The van der Waals surface area contributed by atoms with E-state index in [1.807, 2.05) is 45.3 Å². The molecule has 0 aliphatic carbocycles. The summed E-state index contributed by atoms with van der Waals surface area (Å²) in [5.41, 5.74) is 0.926. The molecule has 2 aromatic heterocycles. The van der Waals surface area contributed by atoms with Crippen molar-refractivity contribution in [2.75, 3.05) is 0 Å². The fourth-order valence-corrected chi connectivity index (χ4v) is 2.50. The molecule has 84 valence electrons. The second kappa shape index (κ2) is 4.22. The second-order valence-electron chi connectivity index (χ2n) is 4.06. The van der Waals surface area contributed by atoms with E-state index in [1.54, 1.807) is 4.68 Å². The van der Waals surface area contributed by atoms with Crippen molar-refractivity contribution < 1.29 is 4.79 Å². The highest BCUT2D eigenvalue weighted by atomic mass is 32.1. The van der Waals surface area contributed by atoms with Crippen molar-refractivity contribution in [2.24, 2.45) is 13.0 Å². The Balaban J connectivity index is 2.29. The van der Waals surface area contributed by atoms with Crippen LogP contribution in [0.1, 0.15) is 23.5 Å². The highest BCUT2D eigenvalue weighted by Gasteiger charge is 2.14. The molecule has 2 rings (SSSR count). The van der Waals surface area contributed by atoms with Gasteiger partial charge >= 0.3 is 0 Å². The van der Waals surface area contributed by atoms with E-state index in [-0.39, 0.29) is 11.7 Å². The molecule has 0 aliphatic rings. The molecule has 16 heavy (non-hydrogen) atoms. The van der Waals surface area contributed by atoms with E-state index >= 15 is 0 Å². The summed E-state index contributed by atoms with van der Waals surface area (Å²) in [4.78, 5) is 13.6. The number of carbonyl (C=O) groups is 1. The molecule has 0 aliphatic heterocycles. The lowest BCUT2D eigenvalue weighted by atomic mass is 10.1. The standard InChI is InChI=1S/C12H14N2OS/c1-8(2)12(15)11-5-4-10(16-11)9-6-7-14(3)13-9/h4-8H,1-3H3. The minimum absolute atomic E-state index is 0.0511. The molecule has 0 saturated carbocycles. The molecule has 0 bridgehead atoms. The van der Waals surface area contributed by atoms with Gasteiger partial charge in [0.2, 0.25) is 0 Å². The molecule has 0 fully saturated rings. The van der Waals surface area contributed by atoms with Gasteiger partial charge in [-0.1, -0.05) is 13.8 Å². The van der Waals surface area contributed by atoms with E-state index in [0.29, 0.717) is 0 Å². The number of hydrogen-bond acceptors (Lipinski definition) is 3. The normalized spacial score (nSPS) is 11.0. The Morgan fingerprint density at radius 1 is 1.38 bits per heavy atom. The highest BCUT2D eigenvalue weighted by molar-refractivity contribution is 7.17. The molecule has 0 aromatic carbocycles. The zero-order valence-corrected chi connectivity index (χ0v) is 10.4. The van der Waals surface area contributed by atoms with Crippen molar-refractivity contribution in [3.63, 3.8) is 0 Å². The van der Waals surface area contributed by atoms with Crippen LogP contribution in [0.2, 0.25) is 0 Å². The first-order valence-corrected chi connectivity index (χ1v) is 6.03. The number of rotatable bonds is 3. The van der Waals surface area contributed by atoms with E-state index in [2.05, 4.69) is 5.10 Å². The van der Waals surface area contributed by atoms with Gasteiger partial charge in [-0.05, 0) is 18.2 Å². The van der Waals surface area contributed by atoms with E-state index in [0.717, 1.165) is 15.4 Å². The largest absolute Gasteiger partial charge is 0.293 e. The lowest BCUT2D eigenvalue weighted by molar-refractivity contribution is 0.0943. The van der Waals surface area contributed by atoms with E-state index in [4.69, 9.17) is 0 Å². The van der Waals surface area contributed by atoms with E-state index in [1.165, 1.54) is 11.3 Å². The summed E-state index contributed by atoms with van der Waals surface area (Å²) in [5, 5.41) is 4.31. The molecule has 0 unspecified atom stereocenters. The molecular weight excluding hydrogens is 220 g/mol. The lowest BCUT2D eigenvalue weighted by Gasteiger charge is -1.98. The van der Waals surface area contributed by atoms with Crippen LogP contribution in [0.15, 0.2) is 24.4 Å². The SMILES string of the molecule is CC(C)C(=O)c1ccc(-c2ccn(C)n2)s1. The summed E-state index contributed by atoms with van der Waals surface area (Å²) in [6.07, 6.45) is 1.90. The predicted octanol–water partition coefficient (Wildman–Crippen LogP) is 2.99. The van der Waals surface area contributed by atoms with Gasteiger partial charge in [0, 0.05) is 19.2 Å². The maximum Gasteiger partial charge on any atom is 0.175 e. The van der Waals surface area contributed by atoms with Crippen molar-refractivity contribution in [1.82, 2.24) is 9.78 Å². The van der Waals surface area contributed by atoms with Gasteiger partial charge in [0.1, 0.15) is 5.69 Å². The summed E-state index contributed by atoms with van der Waals surface area (Å²) in [5.74, 6) is 0.252. The van der Waals surface area contributed by atoms with Crippen LogP contribution >= 0.6 is 11.3 Å². The van der Waals surface area contributed by atoms with Crippen LogP contribution in [0.4, 0.5) is 0 Å². The van der Waals surface area contributed by atoms with Crippen molar-refractivity contribution in [3.05, 3.63) is 29.3 Å². The quantitative estimate of drug-likeness (QED) is 0.765. The molecule has 0 radical (unpaired) electrons. The van der Waals surface area contributed by atoms with E-state index in [9.17, 15) is 4.79 Å². The summed E-state index contributed by atoms with van der Waals surface area (Å²) in [6.45, 7) is 3.84. The minimum Gasteiger partial charge on any atom is -0.293 e. The third-order valence-electron chi connectivity index (χ3n) is 2.34. The third kappa shape index (κ3) is 2.07. The first-order valence-electron chi connectivity index (χ1n) is 5.22. The number of hydrogen-bond donors (Lipinski definition) is 0. The molecule has 0 N–H and O–H groups in total. The van der Waals surface area contributed by atoms with Gasteiger partial charge in [-0.3, -0.25) is 9.48 Å². The van der Waals surface area contributed by atoms with Gasteiger partial charge in [0.25, 0.3) is 0 Å². The van der Waals surface area contributed by atoms with Crippen LogP contribution < -0.4 is 0 Å². The third-order valence-corrected chi connectivity index (χ3v) is 3.46. The smallest absolute Gasteiger partial charge is 0.175 e. The molecular formula is C12H14N2OS. The highest BCUT2D eigenvalue weighted by Crippen LogP contribution is 2.27. The fourth-order valence-electron chi connectivity index (χ4n) is 1.44. The van der Waals surface area contributed by atoms with Crippen LogP contribution in [0.25, 0.3) is 10.6 Å². The molecule has 0 saturated heterocycles. The van der Waals surface area contributed by atoms with Crippen LogP contribution in [0.3, 0.4) is 0 Å². The van der Waals surface area contributed by atoms with Gasteiger partial charge < -0.3 is 0 Å². The van der Waals surface area contributed by atoms with E-state index < -0.39 is 0 Å². The second-order valence-corrected chi connectivity index (χ2v) is 5.14. The van der Waals surface area contributed by atoms with Gasteiger partial charge in [-0.25, -0.2) is 0 Å². The average Bonchev–Trinajstić information content (AvgIpc) is 2.84. The van der Waals surface area contributed by atoms with Crippen LogP contribution in [0, 0.1) is 5.92 Å². The summed E-state index contributed by atoms with van der Waals surface area (Å²) >= 11 is 1.51. The van der Waals surface area contributed by atoms with Crippen LogP contribution in [0.5, 0.6) is 0 Å². The van der Waals surface area contributed by atoms with Crippen molar-refractivity contribution >= 4 is 17.1 Å². The van der Waals surface area contributed by atoms with Gasteiger partial charge in [-0.15, -0.1) is 11.3 Å². The Morgan fingerprint density at radius 2 is 2.12 bits per heavy atom. The van der Waals surface area contributed by atoms with Crippen LogP contribution in [-0.2, 0) is 7.05 Å². The number of carbonyl (C=O) groups excluding carboxylic acids is 1. The number of aryl methyl sites for hydroxylation is 1. The fraction of sp³-hybridized carbons (Fsp3) is 0.333. The molecule has 2 aromatic rings. The number of nitrogens with zero attached hydrogens (tertiary/aromatic N) is 2. The summed E-state index contributed by atoms with van der Waals surface area (Å²) in [6, 6.07) is 5.80. The number of ketones is 1. The maximum atomic E-state index is 11.8. The van der Waals surface area contributed by atoms with Gasteiger partial charge in [0.05, 0.1) is 9.75 Å². The lowest BCUT2D eigenvalue weighted by Crippen LogP contribution is -2.04. The summed E-state index contributed by atoms with van der Waals surface area (Å²) < 4.78 is 1.76. The zero-order valence-electron chi connectivity index (χ0n) is 9.60. The monoisotopic (exact) mass is 234 g/mol. The van der Waals surface area contributed by atoms with Gasteiger partial charge in [-0.2, -0.15) is 5.10 Å². The molecule has 0 amide bonds.